The molecule has 1 aromatic heterocycles. The van der Waals surface area contributed by atoms with Gasteiger partial charge in [0.05, 0.1) is 19.0 Å². The Bertz CT molecular complexity index is 567. The molecule has 2 rings (SSSR count). The van der Waals surface area contributed by atoms with Crippen molar-refractivity contribution in [3.05, 3.63) is 42.6 Å². The summed E-state index contributed by atoms with van der Waals surface area (Å²) in [5.41, 5.74) is 1.56. The molecule has 1 heterocycles. The first-order chi connectivity index (χ1) is 9.17. The Morgan fingerprint density at radius 2 is 2.05 bits per heavy atom. The zero-order chi connectivity index (χ0) is 13.7. The van der Waals surface area contributed by atoms with E-state index in [0.717, 1.165) is 11.4 Å². The molecule has 0 saturated carbocycles. The fourth-order valence-corrected chi connectivity index (χ4v) is 1.59. The van der Waals surface area contributed by atoms with Gasteiger partial charge in [-0.25, -0.2) is 4.98 Å². The van der Waals surface area contributed by atoms with E-state index in [1.165, 1.54) is 6.92 Å². The third-order valence-electron chi connectivity index (χ3n) is 2.43. The summed E-state index contributed by atoms with van der Waals surface area (Å²) in [6, 6.07) is 11.2. The monoisotopic (exact) mass is 257 g/mol. The molecule has 19 heavy (non-hydrogen) atoms. The van der Waals surface area contributed by atoms with Gasteiger partial charge >= 0.3 is 0 Å². The summed E-state index contributed by atoms with van der Waals surface area (Å²) in [4.78, 5) is 15.1. The lowest BCUT2D eigenvalue weighted by Crippen LogP contribution is -2.06. The Kier molecular flexibility index (Phi) is 3.97. The summed E-state index contributed by atoms with van der Waals surface area (Å²) in [6.07, 6.45) is 1.60. The van der Waals surface area contributed by atoms with Crippen LogP contribution in [-0.2, 0) is 4.79 Å². The highest BCUT2D eigenvalue weighted by Crippen LogP contribution is 2.20. The van der Waals surface area contributed by atoms with Crippen LogP contribution in [0.5, 0.6) is 5.75 Å². The van der Waals surface area contributed by atoms with Gasteiger partial charge in [0.2, 0.25) is 5.91 Å². The average Bonchev–Trinajstić information content (AvgIpc) is 2.41. The SMILES string of the molecule is COc1cccc(Nc2ccc(NC(C)=O)cn2)c1. The van der Waals surface area contributed by atoms with Crippen molar-refractivity contribution in [2.45, 2.75) is 6.92 Å². The Hall–Kier alpha value is -2.56. The van der Waals surface area contributed by atoms with Crippen LogP contribution in [0.1, 0.15) is 6.92 Å². The number of hydrogen-bond acceptors (Lipinski definition) is 4. The van der Waals surface area contributed by atoms with E-state index in [1.54, 1.807) is 25.4 Å². The van der Waals surface area contributed by atoms with E-state index in [2.05, 4.69) is 15.6 Å². The van der Waals surface area contributed by atoms with E-state index in [-0.39, 0.29) is 5.91 Å². The molecule has 0 unspecified atom stereocenters. The van der Waals surface area contributed by atoms with Crippen LogP contribution in [0.25, 0.3) is 0 Å². The maximum Gasteiger partial charge on any atom is 0.221 e. The number of carbonyl (C=O) groups excluding carboxylic acids is 1. The number of anilines is 3. The molecule has 0 radical (unpaired) electrons. The van der Waals surface area contributed by atoms with Gasteiger partial charge in [-0.15, -0.1) is 0 Å². The van der Waals surface area contributed by atoms with Crippen LogP contribution >= 0.6 is 0 Å². The molecule has 5 heteroatoms. The van der Waals surface area contributed by atoms with E-state index < -0.39 is 0 Å². The highest BCUT2D eigenvalue weighted by molar-refractivity contribution is 5.88. The van der Waals surface area contributed by atoms with E-state index >= 15 is 0 Å². The summed E-state index contributed by atoms with van der Waals surface area (Å²) in [5.74, 6) is 1.36. The van der Waals surface area contributed by atoms with Crippen LogP contribution in [0, 0.1) is 0 Å². The Labute approximate surface area is 111 Å². The van der Waals surface area contributed by atoms with Gasteiger partial charge in [0.25, 0.3) is 0 Å². The molecule has 0 bridgehead atoms. The van der Waals surface area contributed by atoms with Crippen molar-refractivity contribution >= 4 is 23.1 Å². The van der Waals surface area contributed by atoms with E-state index in [9.17, 15) is 4.79 Å². The fourth-order valence-electron chi connectivity index (χ4n) is 1.59. The average molecular weight is 257 g/mol. The molecule has 2 aromatic rings. The van der Waals surface area contributed by atoms with Crippen molar-refractivity contribution in [3.63, 3.8) is 0 Å². The van der Waals surface area contributed by atoms with Gasteiger partial charge in [0, 0.05) is 18.7 Å². The number of pyridine rings is 1. The molecule has 1 aromatic carbocycles. The quantitative estimate of drug-likeness (QED) is 0.884. The third-order valence-corrected chi connectivity index (χ3v) is 2.43. The molecule has 0 aliphatic rings. The first kappa shape index (κ1) is 12.9. The summed E-state index contributed by atoms with van der Waals surface area (Å²) in [6.45, 7) is 1.46. The predicted molar refractivity (Wildman–Crippen MR) is 74.8 cm³/mol. The van der Waals surface area contributed by atoms with Gasteiger partial charge < -0.3 is 15.4 Å². The molecule has 0 aliphatic heterocycles. The molecule has 0 fully saturated rings. The third kappa shape index (κ3) is 3.70. The van der Waals surface area contributed by atoms with Gasteiger partial charge in [-0.1, -0.05) is 6.07 Å². The van der Waals surface area contributed by atoms with Gasteiger partial charge in [-0.3, -0.25) is 4.79 Å². The number of rotatable bonds is 4. The molecule has 0 saturated heterocycles. The normalized spacial score (nSPS) is 9.79. The summed E-state index contributed by atoms with van der Waals surface area (Å²) in [5, 5.41) is 5.82. The molecular formula is C14H15N3O2. The second-order valence-corrected chi connectivity index (χ2v) is 3.97. The topological polar surface area (TPSA) is 63.2 Å². The lowest BCUT2D eigenvalue weighted by molar-refractivity contribution is -0.114. The number of ether oxygens (including phenoxy) is 1. The molecule has 0 aliphatic carbocycles. The van der Waals surface area contributed by atoms with Crippen molar-refractivity contribution in [1.82, 2.24) is 4.98 Å². The summed E-state index contributed by atoms with van der Waals surface area (Å²) >= 11 is 0. The molecule has 0 spiro atoms. The van der Waals surface area contributed by atoms with E-state index in [0.29, 0.717) is 11.5 Å². The lowest BCUT2D eigenvalue weighted by atomic mass is 10.3. The molecular weight excluding hydrogens is 242 g/mol. The maximum absolute atomic E-state index is 10.9. The fraction of sp³-hybridized carbons (Fsp3) is 0.143. The van der Waals surface area contributed by atoms with Crippen LogP contribution < -0.4 is 15.4 Å². The lowest BCUT2D eigenvalue weighted by Gasteiger charge is -2.08. The first-order valence-corrected chi connectivity index (χ1v) is 5.82. The number of amides is 1. The summed E-state index contributed by atoms with van der Waals surface area (Å²) < 4.78 is 5.15. The molecule has 98 valence electrons. The zero-order valence-corrected chi connectivity index (χ0v) is 10.8. The van der Waals surface area contributed by atoms with Crippen LogP contribution in [0.15, 0.2) is 42.6 Å². The number of nitrogens with one attached hydrogen (secondary N) is 2. The number of aromatic nitrogens is 1. The summed E-state index contributed by atoms with van der Waals surface area (Å²) in [7, 11) is 1.62. The molecule has 0 atom stereocenters. The Morgan fingerprint density at radius 3 is 2.68 bits per heavy atom. The van der Waals surface area contributed by atoms with Crippen LogP contribution in [0.3, 0.4) is 0 Å². The second kappa shape index (κ2) is 5.86. The van der Waals surface area contributed by atoms with Crippen molar-refractivity contribution in [3.8, 4) is 5.75 Å². The first-order valence-electron chi connectivity index (χ1n) is 5.82. The number of benzene rings is 1. The van der Waals surface area contributed by atoms with E-state index in [4.69, 9.17) is 4.74 Å². The maximum atomic E-state index is 10.9. The Balaban J connectivity index is 2.08. The van der Waals surface area contributed by atoms with Crippen LogP contribution in [0.2, 0.25) is 0 Å². The van der Waals surface area contributed by atoms with Crippen molar-refractivity contribution in [1.29, 1.82) is 0 Å². The van der Waals surface area contributed by atoms with Crippen molar-refractivity contribution in [2.24, 2.45) is 0 Å². The highest BCUT2D eigenvalue weighted by atomic mass is 16.5. The minimum atomic E-state index is -0.115. The number of nitrogens with zero attached hydrogens (tertiary/aromatic N) is 1. The second-order valence-electron chi connectivity index (χ2n) is 3.97. The van der Waals surface area contributed by atoms with Crippen molar-refractivity contribution < 1.29 is 9.53 Å². The largest absolute Gasteiger partial charge is 0.497 e. The standard InChI is InChI=1S/C14H15N3O2/c1-10(18)16-12-6-7-14(15-9-12)17-11-4-3-5-13(8-11)19-2/h3-9H,1-2H3,(H,15,17)(H,16,18). The van der Waals surface area contributed by atoms with E-state index in [1.807, 2.05) is 24.3 Å². The predicted octanol–water partition coefficient (Wildman–Crippen LogP) is 2.79. The molecule has 2 N–H and O–H groups in total. The molecule has 5 nitrogen and oxygen atoms in total. The molecule has 1 amide bonds. The minimum absolute atomic E-state index is 0.115. The Morgan fingerprint density at radius 1 is 1.21 bits per heavy atom. The smallest absolute Gasteiger partial charge is 0.221 e. The van der Waals surface area contributed by atoms with Gasteiger partial charge in [0.15, 0.2) is 0 Å². The number of methoxy groups -OCH3 is 1. The van der Waals surface area contributed by atoms with Gasteiger partial charge in [0.1, 0.15) is 11.6 Å². The van der Waals surface area contributed by atoms with Crippen molar-refractivity contribution in [2.75, 3.05) is 17.7 Å². The van der Waals surface area contributed by atoms with Crippen LogP contribution in [-0.4, -0.2) is 18.0 Å². The minimum Gasteiger partial charge on any atom is -0.497 e. The van der Waals surface area contributed by atoms with Gasteiger partial charge in [-0.2, -0.15) is 0 Å². The number of hydrogen-bond donors (Lipinski definition) is 2. The zero-order valence-electron chi connectivity index (χ0n) is 10.8. The van der Waals surface area contributed by atoms with Gasteiger partial charge in [-0.05, 0) is 24.3 Å². The number of carbonyl (C=O) groups is 1. The highest BCUT2D eigenvalue weighted by Gasteiger charge is 1.99. The van der Waals surface area contributed by atoms with Crippen LogP contribution in [0.4, 0.5) is 17.2 Å².